The lowest BCUT2D eigenvalue weighted by molar-refractivity contribution is 0.0698. The standard InChI is InChI=1S/C20H22BrNO6/c1-4-26-16-9-12(10-17(27-5-2)18(16)28-6-3)19(23)22-15-8-7-13(21)11-14(15)20(24)25/h7-11H,4-6H2,1-3H3,(H,22,23)(H,24,25). The van der Waals surface area contributed by atoms with Crippen molar-refractivity contribution in [3.05, 3.63) is 45.9 Å². The smallest absolute Gasteiger partial charge is 0.337 e. The molecule has 1 amide bonds. The van der Waals surface area contributed by atoms with Gasteiger partial charge in [0.25, 0.3) is 5.91 Å². The highest BCUT2D eigenvalue weighted by Crippen LogP contribution is 2.39. The average Bonchev–Trinajstić information content (AvgIpc) is 2.65. The lowest BCUT2D eigenvalue weighted by Gasteiger charge is -2.17. The molecular formula is C20H22BrNO6. The Bertz CT molecular complexity index is 841. The van der Waals surface area contributed by atoms with Crippen molar-refractivity contribution in [3.8, 4) is 17.2 Å². The van der Waals surface area contributed by atoms with Gasteiger partial charge in [0, 0.05) is 10.0 Å². The molecule has 0 fully saturated rings. The number of hydrogen-bond donors (Lipinski definition) is 2. The highest BCUT2D eigenvalue weighted by molar-refractivity contribution is 9.10. The van der Waals surface area contributed by atoms with E-state index in [9.17, 15) is 14.7 Å². The van der Waals surface area contributed by atoms with Gasteiger partial charge in [0.1, 0.15) is 0 Å². The lowest BCUT2D eigenvalue weighted by Crippen LogP contribution is -2.15. The van der Waals surface area contributed by atoms with E-state index in [2.05, 4.69) is 21.2 Å². The number of hydrogen-bond acceptors (Lipinski definition) is 5. The van der Waals surface area contributed by atoms with Crippen molar-refractivity contribution >= 4 is 33.5 Å². The van der Waals surface area contributed by atoms with Crippen LogP contribution in [0.1, 0.15) is 41.5 Å². The van der Waals surface area contributed by atoms with Crippen molar-refractivity contribution in [2.24, 2.45) is 0 Å². The van der Waals surface area contributed by atoms with E-state index in [0.717, 1.165) is 0 Å². The fraction of sp³-hybridized carbons (Fsp3) is 0.300. The molecule has 7 nitrogen and oxygen atoms in total. The summed E-state index contributed by atoms with van der Waals surface area (Å²) in [6.07, 6.45) is 0. The van der Waals surface area contributed by atoms with Gasteiger partial charge in [0.05, 0.1) is 31.1 Å². The van der Waals surface area contributed by atoms with E-state index in [-0.39, 0.29) is 16.8 Å². The fourth-order valence-electron chi connectivity index (χ4n) is 2.52. The lowest BCUT2D eigenvalue weighted by atomic mass is 10.1. The Morgan fingerprint density at radius 1 is 0.964 bits per heavy atom. The van der Waals surface area contributed by atoms with Crippen molar-refractivity contribution in [2.45, 2.75) is 20.8 Å². The van der Waals surface area contributed by atoms with Crippen LogP contribution >= 0.6 is 15.9 Å². The predicted molar refractivity (Wildman–Crippen MR) is 109 cm³/mol. The summed E-state index contributed by atoms with van der Waals surface area (Å²) in [5, 5.41) is 12.0. The molecule has 0 unspecified atom stereocenters. The Balaban J connectivity index is 2.44. The summed E-state index contributed by atoms with van der Waals surface area (Å²) in [6.45, 7) is 6.66. The normalized spacial score (nSPS) is 10.3. The Hall–Kier alpha value is -2.74. The molecule has 2 N–H and O–H groups in total. The highest BCUT2D eigenvalue weighted by Gasteiger charge is 2.20. The van der Waals surface area contributed by atoms with Crippen LogP contribution in [0.25, 0.3) is 0 Å². The van der Waals surface area contributed by atoms with Gasteiger partial charge in [-0.1, -0.05) is 15.9 Å². The summed E-state index contributed by atoms with van der Waals surface area (Å²) in [4.78, 5) is 24.2. The van der Waals surface area contributed by atoms with Crippen LogP contribution in [-0.2, 0) is 0 Å². The van der Waals surface area contributed by atoms with Gasteiger partial charge >= 0.3 is 5.97 Å². The van der Waals surface area contributed by atoms with E-state index < -0.39 is 11.9 Å². The molecule has 0 radical (unpaired) electrons. The van der Waals surface area contributed by atoms with Crippen molar-refractivity contribution < 1.29 is 28.9 Å². The summed E-state index contributed by atoms with van der Waals surface area (Å²) in [7, 11) is 0. The van der Waals surface area contributed by atoms with Gasteiger partial charge in [-0.25, -0.2) is 4.79 Å². The average molecular weight is 452 g/mol. The number of anilines is 1. The first-order valence-corrected chi connectivity index (χ1v) is 9.61. The Morgan fingerprint density at radius 2 is 1.54 bits per heavy atom. The number of ether oxygens (including phenoxy) is 3. The molecule has 0 saturated carbocycles. The van der Waals surface area contributed by atoms with Crippen LogP contribution in [0.3, 0.4) is 0 Å². The number of rotatable bonds is 9. The first-order chi connectivity index (χ1) is 13.4. The van der Waals surface area contributed by atoms with E-state index >= 15 is 0 Å². The first kappa shape index (κ1) is 21.6. The topological polar surface area (TPSA) is 94.1 Å². The zero-order valence-corrected chi connectivity index (χ0v) is 17.5. The van der Waals surface area contributed by atoms with Gasteiger partial charge in [-0.3, -0.25) is 4.79 Å². The zero-order valence-electron chi connectivity index (χ0n) is 15.9. The van der Waals surface area contributed by atoms with Crippen molar-refractivity contribution in [2.75, 3.05) is 25.1 Å². The van der Waals surface area contributed by atoms with Gasteiger partial charge in [-0.2, -0.15) is 0 Å². The molecule has 8 heteroatoms. The van der Waals surface area contributed by atoms with Crippen molar-refractivity contribution in [1.29, 1.82) is 0 Å². The quantitative estimate of drug-likeness (QED) is 0.578. The SMILES string of the molecule is CCOc1cc(C(=O)Nc2ccc(Br)cc2C(=O)O)cc(OCC)c1OCC. The Morgan fingerprint density at radius 3 is 2.04 bits per heavy atom. The summed E-state index contributed by atoms with van der Waals surface area (Å²) in [5.41, 5.74) is 0.420. The second-order valence-corrected chi connectivity index (χ2v) is 6.47. The van der Waals surface area contributed by atoms with Gasteiger partial charge < -0.3 is 24.6 Å². The number of amides is 1. The van der Waals surface area contributed by atoms with E-state index in [0.29, 0.717) is 41.5 Å². The molecule has 2 aromatic rings. The molecule has 0 aliphatic heterocycles. The largest absolute Gasteiger partial charge is 0.490 e. The monoisotopic (exact) mass is 451 g/mol. The number of carbonyl (C=O) groups excluding carboxylic acids is 1. The van der Waals surface area contributed by atoms with Crippen LogP contribution in [0.5, 0.6) is 17.2 Å². The van der Waals surface area contributed by atoms with Gasteiger partial charge in [-0.05, 0) is 51.1 Å². The van der Waals surface area contributed by atoms with Crippen molar-refractivity contribution in [1.82, 2.24) is 0 Å². The van der Waals surface area contributed by atoms with Crippen molar-refractivity contribution in [3.63, 3.8) is 0 Å². The van der Waals surface area contributed by atoms with E-state index in [4.69, 9.17) is 14.2 Å². The number of carboxylic acid groups (broad SMARTS) is 1. The minimum Gasteiger partial charge on any atom is -0.490 e. The van der Waals surface area contributed by atoms with Crippen LogP contribution in [0, 0.1) is 0 Å². The maximum absolute atomic E-state index is 12.8. The second kappa shape index (κ2) is 9.98. The first-order valence-electron chi connectivity index (χ1n) is 8.81. The second-order valence-electron chi connectivity index (χ2n) is 5.55. The van der Waals surface area contributed by atoms with E-state index in [1.54, 1.807) is 18.2 Å². The summed E-state index contributed by atoms with van der Waals surface area (Å²) in [5.74, 6) is -0.440. The molecule has 0 aliphatic rings. The third-order valence-electron chi connectivity index (χ3n) is 3.63. The van der Waals surface area contributed by atoms with Gasteiger partial charge in [-0.15, -0.1) is 0 Å². The van der Waals surface area contributed by atoms with E-state index in [1.165, 1.54) is 12.1 Å². The zero-order chi connectivity index (χ0) is 20.7. The molecule has 0 heterocycles. The van der Waals surface area contributed by atoms with Crippen LogP contribution in [0.4, 0.5) is 5.69 Å². The van der Waals surface area contributed by atoms with E-state index in [1.807, 2.05) is 20.8 Å². The molecule has 0 aromatic heterocycles. The minimum atomic E-state index is -1.15. The number of nitrogens with one attached hydrogen (secondary N) is 1. The number of aromatic carboxylic acids is 1. The van der Waals surface area contributed by atoms with Crippen LogP contribution < -0.4 is 19.5 Å². The molecular weight excluding hydrogens is 430 g/mol. The number of benzene rings is 2. The maximum Gasteiger partial charge on any atom is 0.337 e. The number of carboxylic acids is 1. The summed E-state index contributed by atoms with van der Waals surface area (Å²) in [6, 6.07) is 7.69. The molecule has 0 saturated heterocycles. The molecule has 0 atom stereocenters. The van der Waals surface area contributed by atoms with Gasteiger partial charge in [0.2, 0.25) is 5.75 Å². The third kappa shape index (κ3) is 5.16. The molecule has 0 aliphatic carbocycles. The molecule has 28 heavy (non-hydrogen) atoms. The van der Waals surface area contributed by atoms with Crippen LogP contribution in [-0.4, -0.2) is 36.8 Å². The molecule has 150 valence electrons. The third-order valence-corrected chi connectivity index (χ3v) is 4.12. The Kier molecular flexibility index (Phi) is 7.69. The molecule has 0 spiro atoms. The van der Waals surface area contributed by atoms with Crippen LogP contribution in [0.2, 0.25) is 0 Å². The van der Waals surface area contributed by atoms with Gasteiger partial charge in [0.15, 0.2) is 11.5 Å². The minimum absolute atomic E-state index is 0.0243. The summed E-state index contributed by atoms with van der Waals surface area (Å²) >= 11 is 3.23. The molecule has 2 aromatic carbocycles. The Labute approximate surface area is 171 Å². The van der Waals surface area contributed by atoms with Crippen LogP contribution in [0.15, 0.2) is 34.8 Å². The summed E-state index contributed by atoms with van der Waals surface area (Å²) < 4.78 is 17.4. The molecule has 2 rings (SSSR count). The molecule has 0 bridgehead atoms. The number of halogens is 1. The number of carbonyl (C=O) groups is 2. The fourth-order valence-corrected chi connectivity index (χ4v) is 2.88. The highest BCUT2D eigenvalue weighted by atomic mass is 79.9. The maximum atomic E-state index is 12.8. The predicted octanol–water partition coefficient (Wildman–Crippen LogP) is 4.60.